The molecular weight excluding hydrogens is 200 g/mol. The maximum Gasteiger partial charge on any atom is 0.0926 e. The number of ether oxygens (including phenoxy) is 2. The van der Waals surface area contributed by atoms with E-state index >= 15 is 0 Å². The fraction of sp³-hybridized carbons (Fsp3) is 0.786. The van der Waals surface area contributed by atoms with E-state index in [2.05, 4.69) is 33.8 Å². The molecule has 0 amide bonds. The van der Waals surface area contributed by atoms with Crippen LogP contribution in [0.4, 0.5) is 0 Å². The van der Waals surface area contributed by atoms with Gasteiger partial charge in [-0.05, 0) is 60.5 Å². The molecule has 0 saturated heterocycles. The lowest BCUT2D eigenvalue weighted by Crippen LogP contribution is -2.15. The summed E-state index contributed by atoms with van der Waals surface area (Å²) in [5.74, 6) is 1.05. The normalized spacial score (nSPS) is 14.6. The van der Waals surface area contributed by atoms with E-state index in [9.17, 15) is 0 Å². The van der Waals surface area contributed by atoms with Crippen molar-refractivity contribution < 1.29 is 9.47 Å². The summed E-state index contributed by atoms with van der Waals surface area (Å²) in [7, 11) is 0. The zero-order valence-corrected chi connectivity index (χ0v) is 11.5. The van der Waals surface area contributed by atoms with Crippen molar-refractivity contribution in [3.8, 4) is 0 Å². The molecule has 0 aromatic carbocycles. The smallest absolute Gasteiger partial charge is 0.0926 e. The molecule has 1 atom stereocenters. The summed E-state index contributed by atoms with van der Waals surface area (Å²) in [4.78, 5) is 0. The predicted molar refractivity (Wildman–Crippen MR) is 69.2 cm³/mol. The fourth-order valence-electron chi connectivity index (χ4n) is 1.55. The molecule has 0 rings (SSSR count). The van der Waals surface area contributed by atoms with Gasteiger partial charge in [-0.25, -0.2) is 0 Å². The monoisotopic (exact) mass is 227 g/mol. The molecule has 0 aliphatic heterocycles. The van der Waals surface area contributed by atoms with Crippen LogP contribution in [0.25, 0.3) is 0 Å². The molecule has 0 aromatic rings. The quantitative estimate of drug-likeness (QED) is 0.581. The highest BCUT2D eigenvalue weighted by molar-refractivity contribution is 4.94. The Bertz CT molecular complexity index is 195. The third-order valence-electron chi connectivity index (χ3n) is 2.06. The standard InChI is InChI=1S/C14H27O2/c1-7-8-14(16-12(4)5)10-9-13(6)15-11(2)3/h8,11-13H,1,7,9-10H2,2-6H3. The summed E-state index contributed by atoms with van der Waals surface area (Å²) in [5, 5.41) is 0. The highest BCUT2D eigenvalue weighted by Gasteiger charge is 2.08. The molecular formula is C14H27O2. The first kappa shape index (κ1) is 15.5. The number of rotatable bonds is 8. The zero-order chi connectivity index (χ0) is 12.6. The SMILES string of the molecule is [CH2]CC=C(CCC(C)OC(C)C)OC(C)C. The Morgan fingerprint density at radius 1 is 1.12 bits per heavy atom. The summed E-state index contributed by atoms with van der Waals surface area (Å²) in [6.07, 6.45) is 5.58. The summed E-state index contributed by atoms with van der Waals surface area (Å²) in [6, 6.07) is 0. The second-order valence-corrected chi connectivity index (χ2v) is 4.66. The van der Waals surface area contributed by atoms with Crippen LogP contribution in [-0.2, 0) is 9.47 Å². The van der Waals surface area contributed by atoms with E-state index in [0.29, 0.717) is 6.10 Å². The van der Waals surface area contributed by atoms with Crippen molar-refractivity contribution in [2.75, 3.05) is 0 Å². The van der Waals surface area contributed by atoms with Crippen LogP contribution < -0.4 is 0 Å². The first-order chi connectivity index (χ1) is 7.45. The van der Waals surface area contributed by atoms with Gasteiger partial charge in [0.25, 0.3) is 0 Å². The summed E-state index contributed by atoms with van der Waals surface area (Å²) in [6.45, 7) is 14.1. The van der Waals surface area contributed by atoms with Crippen molar-refractivity contribution in [3.63, 3.8) is 0 Å². The van der Waals surface area contributed by atoms with Crippen molar-refractivity contribution >= 4 is 0 Å². The number of hydrogen-bond acceptors (Lipinski definition) is 2. The van der Waals surface area contributed by atoms with Crippen LogP contribution in [0.2, 0.25) is 0 Å². The number of allylic oxidation sites excluding steroid dienone is 2. The van der Waals surface area contributed by atoms with E-state index in [-0.39, 0.29) is 12.2 Å². The van der Waals surface area contributed by atoms with Crippen molar-refractivity contribution in [2.24, 2.45) is 0 Å². The van der Waals surface area contributed by atoms with Crippen LogP contribution in [-0.4, -0.2) is 18.3 Å². The van der Waals surface area contributed by atoms with Gasteiger partial charge in [0, 0.05) is 6.42 Å². The average molecular weight is 227 g/mol. The molecule has 1 radical (unpaired) electrons. The minimum absolute atomic E-state index is 0.235. The maximum absolute atomic E-state index is 5.71. The van der Waals surface area contributed by atoms with Gasteiger partial charge in [0.15, 0.2) is 0 Å². The Kier molecular flexibility index (Phi) is 8.36. The molecule has 0 spiro atoms. The second kappa shape index (κ2) is 8.63. The van der Waals surface area contributed by atoms with Crippen molar-refractivity contribution in [3.05, 3.63) is 18.8 Å². The first-order valence-corrected chi connectivity index (χ1v) is 6.26. The zero-order valence-electron chi connectivity index (χ0n) is 11.5. The Labute approximate surface area is 101 Å². The molecule has 0 aliphatic carbocycles. The first-order valence-electron chi connectivity index (χ1n) is 6.26. The van der Waals surface area contributed by atoms with Gasteiger partial charge in [-0.2, -0.15) is 0 Å². The minimum atomic E-state index is 0.235. The second-order valence-electron chi connectivity index (χ2n) is 4.66. The fourth-order valence-corrected chi connectivity index (χ4v) is 1.55. The molecule has 0 fully saturated rings. The molecule has 0 N–H and O–H groups in total. The van der Waals surface area contributed by atoms with E-state index in [1.54, 1.807) is 0 Å². The van der Waals surface area contributed by atoms with Crippen LogP contribution in [0, 0.1) is 6.92 Å². The Hall–Kier alpha value is -0.500. The van der Waals surface area contributed by atoms with Gasteiger partial charge in [0.1, 0.15) is 0 Å². The van der Waals surface area contributed by atoms with Gasteiger partial charge in [-0.3, -0.25) is 0 Å². The van der Waals surface area contributed by atoms with Crippen LogP contribution in [0.15, 0.2) is 11.8 Å². The van der Waals surface area contributed by atoms with E-state index in [1.807, 2.05) is 13.8 Å². The molecule has 1 unspecified atom stereocenters. The largest absolute Gasteiger partial charge is 0.496 e. The molecule has 0 aliphatic rings. The van der Waals surface area contributed by atoms with Gasteiger partial charge in [0.05, 0.1) is 24.1 Å². The Morgan fingerprint density at radius 3 is 2.19 bits per heavy atom. The highest BCUT2D eigenvalue weighted by atomic mass is 16.5. The van der Waals surface area contributed by atoms with Gasteiger partial charge in [-0.15, -0.1) is 0 Å². The van der Waals surface area contributed by atoms with E-state index in [4.69, 9.17) is 9.47 Å². The van der Waals surface area contributed by atoms with Gasteiger partial charge < -0.3 is 9.47 Å². The third-order valence-corrected chi connectivity index (χ3v) is 2.06. The molecule has 0 saturated carbocycles. The molecule has 16 heavy (non-hydrogen) atoms. The highest BCUT2D eigenvalue weighted by Crippen LogP contribution is 2.14. The Morgan fingerprint density at radius 2 is 1.75 bits per heavy atom. The van der Waals surface area contributed by atoms with Crippen molar-refractivity contribution in [1.29, 1.82) is 0 Å². The lowest BCUT2D eigenvalue weighted by molar-refractivity contribution is 0.0112. The van der Waals surface area contributed by atoms with Crippen LogP contribution in [0.3, 0.4) is 0 Å². The van der Waals surface area contributed by atoms with Crippen LogP contribution in [0.1, 0.15) is 53.9 Å². The van der Waals surface area contributed by atoms with Crippen molar-refractivity contribution in [1.82, 2.24) is 0 Å². The maximum atomic E-state index is 5.71. The van der Waals surface area contributed by atoms with E-state index in [0.717, 1.165) is 25.0 Å². The lowest BCUT2D eigenvalue weighted by Gasteiger charge is -2.18. The minimum Gasteiger partial charge on any atom is -0.496 e. The molecule has 95 valence electrons. The van der Waals surface area contributed by atoms with Gasteiger partial charge >= 0.3 is 0 Å². The molecule has 0 bridgehead atoms. The topological polar surface area (TPSA) is 18.5 Å². The van der Waals surface area contributed by atoms with E-state index in [1.165, 1.54) is 0 Å². The van der Waals surface area contributed by atoms with Crippen LogP contribution in [0.5, 0.6) is 0 Å². The van der Waals surface area contributed by atoms with Gasteiger partial charge in [-0.1, -0.05) is 0 Å². The lowest BCUT2D eigenvalue weighted by atomic mass is 10.1. The molecule has 2 heteroatoms. The Balaban J connectivity index is 3.97. The number of hydrogen-bond donors (Lipinski definition) is 0. The van der Waals surface area contributed by atoms with Crippen LogP contribution >= 0.6 is 0 Å². The van der Waals surface area contributed by atoms with Gasteiger partial charge in [0.2, 0.25) is 0 Å². The van der Waals surface area contributed by atoms with E-state index < -0.39 is 0 Å². The third kappa shape index (κ3) is 8.78. The average Bonchev–Trinajstić information content (AvgIpc) is 2.12. The molecule has 0 heterocycles. The summed E-state index contributed by atoms with van der Waals surface area (Å²) < 4.78 is 11.4. The summed E-state index contributed by atoms with van der Waals surface area (Å²) in [5.41, 5.74) is 0. The molecule has 0 aromatic heterocycles. The predicted octanol–water partition coefficient (Wildman–Crippen LogP) is 4.11. The van der Waals surface area contributed by atoms with Crippen molar-refractivity contribution in [2.45, 2.75) is 72.2 Å². The molecule has 2 nitrogen and oxygen atoms in total. The summed E-state index contributed by atoms with van der Waals surface area (Å²) >= 11 is 0.